The van der Waals surface area contributed by atoms with E-state index in [9.17, 15) is 26.7 Å². The number of hydrogen-bond acceptors (Lipinski definition) is 8. The number of hydrogen-bond donors (Lipinski definition) is 4. The molecule has 3 aromatic rings. The lowest BCUT2D eigenvalue weighted by Crippen LogP contribution is -2.55. The van der Waals surface area contributed by atoms with Gasteiger partial charge in [-0.1, -0.05) is 0 Å². The first-order valence-corrected chi connectivity index (χ1v) is 12.3. The monoisotopic (exact) mass is 601 g/mol. The Morgan fingerprint density at radius 3 is 2.57 bits per heavy atom. The van der Waals surface area contributed by atoms with Crippen molar-refractivity contribution in [2.24, 2.45) is 5.73 Å². The van der Waals surface area contributed by atoms with E-state index >= 15 is 0 Å². The molecule has 16 heteroatoms. The number of thiophene rings is 2. The van der Waals surface area contributed by atoms with Crippen LogP contribution in [0.4, 0.5) is 33.5 Å². The van der Waals surface area contributed by atoms with Gasteiger partial charge in [-0.05, 0) is 40.2 Å². The molecular weight excluding hydrogens is 585 g/mol. The van der Waals surface area contributed by atoms with Gasteiger partial charge in [0.15, 0.2) is 0 Å². The smallest absolute Gasteiger partial charge is 0.475 e. The molecular formula is C19H17BrF5N5O3S2. The van der Waals surface area contributed by atoms with Crippen molar-refractivity contribution in [2.45, 2.75) is 43.4 Å². The van der Waals surface area contributed by atoms with Crippen molar-refractivity contribution in [3.63, 3.8) is 0 Å². The van der Waals surface area contributed by atoms with Crippen molar-refractivity contribution < 1.29 is 36.6 Å². The van der Waals surface area contributed by atoms with E-state index in [0.29, 0.717) is 40.3 Å². The van der Waals surface area contributed by atoms with Gasteiger partial charge in [-0.3, -0.25) is 4.79 Å². The molecule has 1 aliphatic carbocycles. The molecule has 1 amide bonds. The van der Waals surface area contributed by atoms with E-state index in [2.05, 4.69) is 36.5 Å². The summed E-state index contributed by atoms with van der Waals surface area (Å²) in [6, 6.07) is -0.0991. The summed E-state index contributed by atoms with van der Waals surface area (Å²) in [5, 5.41) is 16.5. The van der Waals surface area contributed by atoms with Crippen molar-refractivity contribution in [3.8, 4) is 0 Å². The SMILES string of the molecule is N[C@@H]1[C@H](Nc2cnc3scc(C(=O)Nc4ccsc4Br)c3n2)CCCC1(F)F.O=C(O)C(F)(F)F. The maximum Gasteiger partial charge on any atom is 0.490 e. The first kappa shape index (κ1) is 27.2. The second kappa shape index (κ2) is 10.7. The normalized spacial score (nSPS) is 19.5. The molecule has 0 saturated heterocycles. The number of aliphatic carboxylic acids is 1. The number of amides is 1. The number of fused-ring (bicyclic) bond motifs is 1. The maximum absolute atomic E-state index is 13.9. The number of rotatable bonds is 4. The van der Waals surface area contributed by atoms with E-state index < -0.39 is 30.2 Å². The highest BCUT2D eigenvalue weighted by Crippen LogP contribution is 2.34. The molecule has 0 aromatic carbocycles. The molecule has 2 atom stereocenters. The number of nitrogens with two attached hydrogens (primary N) is 1. The van der Waals surface area contributed by atoms with Crippen molar-refractivity contribution in [2.75, 3.05) is 10.6 Å². The van der Waals surface area contributed by atoms with Gasteiger partial charge in [0.25, 0.3) is 11.8 Å². The standard InChI is InChI=1S/C17H16BrF2N5OS2.C2HF3O2/c18-14-10(3-5-27-14)24-15(26)8-7-28-16-12(8)25-11(6-22-16)23-9-2-1-4-17(19,20)13(9)21;3-2(4,5)1(6)7/h3,5-7,9,13H,1-2,4,21H2,(H,23,25)(H,24,26);(H,6,7)/t9-,13-;/m1./s1. The summed E-state index contributed by atoms with van der Waals surface area (Å²) < 4.78 is 60.3. The third-order valence-corrected chi connectivity index (χ3v) is 7.48. The summed E-state index contributed by atoms with van der Waals surface area (Å²) in [4.78, 5) is 30.9. The molecule has 5 N–H and O–H groups in total. The number of nitrogens with zero attached hydrogens (tertiary/aromatic N) is 2. The highest BCUT2D eigenvalue weighted by Gasteiger charge is 2.44. The zero-order valence-corrected chi connectivity index (χ0v) is 20.6. The number of alkyl halides is 5. The van der Waals surface area contributed by atoms with Crippen LogP contribution in [0.25, 0.3) is 10.3 Å². The Labute approximate surface area is 210 Å². The summed E-state index contributed by atoms with van der Waals surface area (Å²) in [6.07, 6.45) is -2.89. The number of carbonyl (C=O) groups excluding carboxylic acids is 1. The zero-order chi connectivity index (χ0) is 26.0. The lowest BCUT2D eigenvalue weighted by molar-refractivity contribution is -0.192. The molecule has 0 radical (unpaired) electrons. The molecule has 3 heterocycles. The van der Waals surface area contributed by atoms with Crippen LogP contribution in [0.1, 0.15) is 29.6 Å². The lowest BCUT2D eigenvalue weighted by atomic mass is 9.87. The quantitative estimate of drug-likeness (QED) is 0.297. The Kier molecular flexibility index (Phi) is 8.28. The fraction of sp³-hybridized carbons (Fsp3) is 0.368. The highest BCUT2D eigenvalue weighted by atomic mass is 79.9. The van der Waals surface area contributed by atoms with Crippen LogP contribution in [0.2, 0.25) is 0 Å². The maximum atomic E-state index is 13.9. The van der Waals surface area contributed by atoms with Crippen LogP contribution in [0, 0.1) is 0 Å². The molecule has 0 spiro atoms. The van der Waals surface area contributed by atoms with E-state index in [1.807, 2.05) is 5.38 Å². The van der Waals surface area contributed by atoms with E-state index in [4.69, 9.17) is 15.6 Å². The van der Waals surface area contributed by atoms with E-state index in [1.165, 1.54) is 28.9 Å². The van der Waals surface area contributed by atoms with Gasteiger partial charge in [-0.25, -0.2) is 23.5 Å². The fourth-order valence-electron chi connectivity index (χ4n) is 3.16. The summed E-state index contributed by atoms with van der Waals surface area (Å²) >= 11 is 6.15. The molecule has 0 unspecified atom stereocenters. The number of halogens is 6. The lowest BCUT2D eigenvalue weighted by Gasteiger charge is -2.36. The Bertz CT molecular complexity index is 1220. The summed E-state index contributed by atoms with van der Waals surface area (Å²) in [7, 11) is 0. The van der Waals surface area contributed by atoms with Gasteiger partial charge in [-0.15, -0.1) is 22.7 Å². The largest absolute Gasteiger partial charge is 0.490 e. The van der Waals surface area contributed by atoms with Crippen molar-refractivity contribution in [3.05, 3.63) is 32.4 Å². The fourth-order valence-corrected chi connectivity index (χ4v) is 5.12. The zero-order valence-electron chi connectivity index (χ0n) is 17.4. The van der Waals surface area contributed by atoms with Crippen LogP contribution in [0.15, 0.2) is 26.8 Å². The first-order chi connectivity index (χ1) is 16.3. The van der Waals surface area contributed by atoms with E-state index in [0.717, 1.165) is 3.79 Å². The Balaban J connectivity index is 0.000000429. The first-order valence-electron chi connectivity index (χ1n) is 9.78. The van der Waals surface area contributed by atoms with Gasteiger partial charge >= 0.3 is 12.1 Å². The van der Waals surface area contributed by atoms with Crippen LogP contribution < -0.4 is 16.4 Å². The predicted octanol–water partition coefficient (Wildman–Crippen LogP) is 5.33. The molecule has 190 valence electrons. The van der Waals surface area contributed by atoms with Crippen molar-refractivity contribution in [1.29, 1.82) is 0 Å². The van der Waals surface area contributed by atoms with Crippen LogP contribution in [-0.2, 0) is 4.79 Å². The minimum atomic E-state index is -5.08. The number of carbonyl (C=O) groups is 2. The Hall–Kier alpha value is -2.43. The van der Waals surface area contributed by atoms with Gasteiger partial charge in [0.05, 0.1) is 27.3 Å². The third-order valence-electron chi connectivity index (χ3n) is 4.92. The highest BCUT2D eigenvalue weighted by molar-refractivity contribution is 9.11. The second-order valence-corrected chi connectivity index (χ2v) is 10.4. The molecule has 1 saturated carbocycles. The van der Waals surface area contributed by atoms with Gasteiger partial charge in [0.2, 0.25) is 0 Å². The van der Waals surface area contributed by atoms with E-state index in [1.54, 1.807) is 11.4 Å². The number of anilines is 2. The third kappa shape index (κ3) is 6.62. The molecule has 1 fully saturated rings. The molecule has 1 aliphatic rings. The predicted molar refractivity (Wildman–Crippen MR) is 125 cm³/mol. The Morgan fingerprint density at radius 1 is 1.29 bits per heavy atom. The minimum absolute atomic E-state index is 0.204. The Morgan fingerprint density at radius 2 is 1.97 bits per heavy atom. The van der Waals surface area contributed by atoms with Gasteiger partial charge in [0, 0.05) is 17.8 Å². The number of nitrogens with one attached hydrogen (secondary N) is 2. The van der Waals surface area contributed by atoms with Gasteiger partial charge in [-0.2, -0.15) is 13.2 Å². The van der Waals surface area contributed by atoms with Crippen molar-refractivity contribution >= 4 is 72.3 Å². The van der Waals surface area contributed by atoms with Gasteiger partial charge < -0.3 is 21.5 Å². The summed E-state index contributed by atoms with van der Waals surface area (Å²) in [6.45, 7) is 0. The molecule has 4 rings (SSSR count). The number of carboxylic acid groups (broad SMARTS) is 1. The van der Waals surface area contributed by atoms with E-state index in [-0.39, 0.29) is 12.3 Å². The second-order valence-electron chi connectivity index (χ2n) is 7.35. The van der Waals surface area contributed by atoms with Crippen LogP contribution in [0.5, 0.6) is 0 Å². The average molecular weight is 602 g/mol. The number of carboxylic acids is 1. The van der Waals surface area contributed by atoms with Crippen molar-refractivity contribution in [1.82, 2.24) is 9.97 Å². The molecule has 35 heavy (non-hydrogen) atoms. The minimum Gasteiger partial charge on any atom is -0.475 e. The molecule has 0 aliphatic heterocycles. The topological polar surface area (TPSA) is 130 Å². The molecule has 3 aromatic heterocycles. The van der Waals surface area contributed by atoms with Gasteiger partial charge in [0.1, 0.15) is 16.2 Å². The summed E-state index contributed by atoms with van der Waals surface area (Å²) in [5.74, 6) is -5.64. The van der Waals surface area contributed by atoms with Crippen LogP contribution in [0.3, 0.4) is 0 Å². The summed E-state index contributed by atoms with van der Waals surface area (Å²) in [5.41, 5.74) is 7.22. The average Bonchev–Trinajstić information content (AvgIpc) is 3.37. The molecule has 0 bridgehead atoms. The molecule has 8 nitrogen and oxygen atoms in total. The van der Waals surface area contributed by atoms with Crippen LogP contribution in [-0.4, -0.2) is 51.1 Å². The number of aromatic nitrogens is 2. The van der Waals surface area contributed by atoms with Crippen LogP contribution >= 0.6 is 38.6 Å².